The van der Waals surface area contributed by atoms with E-state index in [2.05, 4.69) is 35.3 Å². The lowest BCUT2D eigenvalue weighted by molar-refractivity contribution is 0.184. The van der Waals surface area contributed by atoms with Crippen molar-refractivity contribution in [3.05, 3.63) is 35.4 Å². The Bertz CT molecular complexity index is 492. The zero-order valence-corrected chi connectivity index (χ0v) is 12.9. The normalized spacial score (nSPS) is 23.2. The zero-order chi connectivity index (χ0) is 14.7. The summed E-state index contributed by atoms with van der Waals surface area (Å²) in [4.78, 5) is 2.64. The molecule has 0 aromatic heterocycles. The van der Waals surface area contributed by atoms with Crippen LogP contribution in [-0.2, 0) is 0 Å². The van der Waals surface area contributed by atoms with Gasteiger partial charge >= 0.3 is 0 Å². The van der Waals surface area contributed by atoms with E-state index in [0.29, 0.717) is 12.1 Å². The molecule has 1 saturated heterocycles. The molecule has 1 aromatic rings. The molecule has 0 spiro atoms. The summed E-state index contributed by atoms with van der Waals surface area (Å²) >= 11 is 0. The fraction of sp³-hybridized carbons (Fsp3) is 0.611. The highest BCUT2D eigenvalue weighted by atomic mass is 15.2. The van der Waals surface area contributed by atoms with Crippen LogP contribution in [0.25, 0.3) is 0 Å². The van der Waals surface area contributed by atoms with Crippen molar-refractivity contribution in [1.82, 2.24) is 10.2 Å². The Kier molecular flexibility index (Phi) is 4.57. The lowest BCUT2D eigenvalue weighted by Gasteiger charge is -2.32. The standard InChI is InChI=1S/C18H25N3/c1-14(17-8-6-15(11-19)7-9-17)21(12-16-4-5-16)13-18-3-2-10-20-18/h6-9,14,16,18,20H,2-5,10,12-13H2,1H3. The first-order chi connectivity index (χ1) is 10.3. The number of nitrogens with one attached hydrogen (secondary N) is 1. The van der Waals surface area contributed by atoms with Crippen LogP contribution in [0.1, 0.15) is 49.8 Å². The molecule has 2 atom stereocenters. The van der Waals surface area contributed by atoms with Crippen LogP contribution in [0.2, 0.25) is 0 Å². The Morgan fingerprint density at radius 2 is 2.00 bits per heavy atom. The molecule has 2 aliphatic rings. The number of hydrogen-bond donors (Lipinski definition) is 1. The molecule has 1 N–H and O–H groups in total. The fourth-order valence-corrected chi connectivity index (χ4v) is 3.27. The van der Waals surface area contributed by atoms with Crippen LogP contribution in [0.3, 0.4) is 0 Å². The molecule has 1 heterocycles. The minimum Gasteiger partial charge on any atom is -0.313 e. The molecule has 1 aliphatic heterocycles. The van der Waals surface area contributed by atoms with Crippen molar-refractivity contribution in [3.63, 3.8) is 0 Å². The minimum absolute atomic E-state index is 0.431. The summed E-state index contributed by atoms with van der Waals surface area (Å²) in [5.74, 6) is 0.909. The average molecular weight is 283 g/mol. The van der Waals surface area contributed by atoms with Crippen molar-refractivity contribution in [2.24, 2.45) is 5.92 Å². The quantitative estimate of drug-likeness (QED) is 0.872. The van der Waals surface area contributed by atoms with Crippen molar-refractivity contribution < 1.29 is 0 Å². The second-order valence-electron chi connectivity index (χ2n) is 6.60. The smallest absolute Gasteiger partial charge is 0.0991 e. The number of nitriles is 1. The summed E-state index contributed by atoms with van der Waals surface area (Å²) in [6.07, 6.45) is 5.41. The maximum absolute atomic E-state index is 8.92. The number of benzene rings is 1. The van der Waals surface area contributed by atoms with Crippen LogP contribution < -0.4 is 5.32 Å². The van der Waals surface area contributed by atoms with Crippen LogP contribution >= 0.6 is 0 Å². The Morgan fingerprint density at radius 1 is 1.24 bits per heavy atom. The van der Waals surface area contributed by atoms with Crippen molar-refractivity contribution in [2.75, 3.05) is 19.6 Å². The minimum atomic E-state index is 0.431. The largest absolute Gasteiger partial charge is 0.313 e. The van der Waals surface area contributed by atoms with Gasteiger partial charge in [0.1, 0.15) is 0 Å². The van der Waals surface area contributed by atoms with Crippen molar-refractivity contribution in [2.45, 2.75) is 44.7 Å². The van der Waals surface area contributed by atoms with Gasteiger partial charge in [0.25, 0.3) is 0 Å². The molecule has 1 aromatic carbocycles. The number of nitrogens with zero attached hydrogens (tertiary/aromatic N) is 2. The molecule has 112 valence electrons. The summed E-state index contributed by atoms with van der Waals surface area (Å²) in [6, 6.07) is 11.4. The first-order valence-corrected chi connectivity index (χ1v) is 8.24. The maximum Gasteiger partial charge on any atom is 0.0991 e. The molecule has 3 rings (SSSR count). The van der Waals surface area contributed by atoms with Gasteiger partial charge in [-0.2, -0.15) is 5.26 Å². The first kappa shape index (κ1) is 14.6. The van der Waals surface area contributed by atoms with Gasteiger partial charge in [0.15, 0.2) is 0 Å². The Hall–Kier alpha value is -1.37. The molecule has 1 aliphatic carbocycles. The van der Waals surface area contributed by atoms with Crippen molar-refractivity contribution in [3.8, 4) is 6.07 Å². The molecule has 0 amide bonds. The van der Waals surface area contributed by atoms with E-state index in [-0.39, 0.29) is 0 Å². The second-order valence-corrected chi connectivity index (χ2v) is 6.60. The SMILES string of the molecule is CC(c1ccc(C#N)cc1)N(CC1CC1)CC1CCCN1. The molecular formula is C18H25N3. The van der Waals surface area contributed by atoms with E-state index in [1.807, 2.05) is 12.1 Å². The first-order valence-electron chi connectivity index (χ1n) is 8.24. The van der Waals surface area contributed by atoms with E-state index in [0.717, 1.165) is 18.0 Å². The highest BCUT2D eigenvalue weighted by Crippen LogP contribution is 2.33. The van der Waals surface area contributed by atoms with Gasteiger partial charge in [-0.3, -0.25) is 4.90 Å². The second kappa shape index (κ2) is 6.60. The van der Waals surface area contributed by atoms with Gasteiger partial charge in [0, 0.05) is 25.2 Å². The Morgan fingerprint density at radius 3 is 2.57 bits per heavy atom. The molecule has 1 saturated carbocycles. The van der Waals surface area contributed by atoms with Crippen LogP contribution in [-0.4, -0.2) is 30.6 Å². The summed E-state index contributed by atoms with van der Waals surface area (Å²) in [7, 11) is 0. The van der Waals surface area contributed by atoms with E-state index >= 15 is 0 Å². The zero-order valence-electron chi connectivity index (χ0n) is 12.9. The third-order valence-electron chi connectivity index (χ3n) is 4.88. The van der Waals surface area contributed by atoms with E-state index in [1.165, 1.54) is 44.3 Å². The average Bonchev–Trinajstić information content (AvgIpc) is 3.19. The Balaban J connectivity index is 1.68. The van der Waals surface area contributed by atoms with Gasteiger partial charge in [0.05, 0.1) is 11.6 Å². The lowest BCUT2D eigenvalue weighted by atomic mass is 10.0. The highest BCUT2D eigenvalue weighted by molar-refractivity contribution is 5.32. The van der Waals surface area contributed by atoms with Crippen molar-refractivity contribution in [1.29, 1.82) is 5.26 Å². The fourth-order valence-electron chi connectivity index (χ4n) is 3.27. The highest BCUT2D eigenvalue weighted by Gasteiger charge is 2.29. The van der Waals surface area contributed by atoms with Gasteiger partial charge in [-0.1, -0.05) is 12.1 Å². The van der Waals surface area contributed by atoms with Crippen LogP contribution in [0.4, 0.5) is 0 Å². The molecule has 2 fully saturated rings. The van der Waals surface area contributed by atoms with Crippen LogP contribution in [0.5, 0.6) is 0 Å². The van der Waals surface area contributed by atoms with Gasteiger partial charge in [-0.05, 0) is 62.8 Å². The summed E-state index contributed by atoms with van der Waals surface area (Å²) in [5, 5.41) is 12.5. The van der Waals surface area contributed by atoms with Gasteiger partial charge in [-0.15, -0.1) is 0 Å². The lowest BCUT2D eigenvalue weighted by Crippen LogP contribution is -2.40. The third kappa shape index (κ3) is 3.84. The molecular weight excluding hydrogens is 258 g/mol. The number of rotatable bonds is 6. The summed E-state index contributed by atoms with van der Waals surface area (Å²) < 4.78 is 0. The Labute approximate surface area is 128 Å². The molecule has 2 unspecified atom stereocenters. The van der Waals surface area contributed by atoms with Crippen LogP contribution in [0.15, 0.2) is 24.3 Å². The van der Waals surface area contributed by atoms with Gasteiger partial charge in [-0.25, -0.2) is 0 Å². The molecule has 21 heavy (non-hydrogen) atoms. The predicted octanol–water partition coefficient (Wildman–Crippen LogP) is 3.08. The van der Waals surface area contributed by atoms with E-state index in [1.54, 1.807) is 0 Å². The molecule has 3 nitrogen and oxygen atoms in total. The predicted molar refractivity (Wildman–Crippen MR) is 84.9 cm³/mol. The monoisotopic (exact) mass is 283 g/mol. The molecule has 3 heteroatoms. The van der Waals surface area contributed by atoms with Gasteiger partial charge in [0.2, 0.25) is 0 Å². The maximum atomic E-state index is 8.92. The summed E-state index contributed by atoms with van der Waals surface area (Å²) in [6.45, 7) is 5.85. The topological polar surface area (TPSA) is 39.1 Å². The summed E-state index contributed by atoms with van der Waals surface area (Å²) in [5.41, 5.74) is 2.07. The van der Waals surface area contributed by atoms with Crippen molar-refractivity contribution >= 4 is 0 Å². The van der Waals surface area contributed by atoms with Crippen LogP contribution in [0, 0.1) is 17.2 Å². The molecule has 0 radical (unpaired) electrons. The molecule has 0 bridgehead atoms. The van der Waals surface area contributed by atoms with E-state index < -0.39 is 0 Å². The van der Waals surface area contributed by atoms with Gasteiger partial charge < -0.3 is 5.32 Å². The number of hydrogen-bond acceptors (Lipinski definition) is 3. The van der Waals surface area contributed by atoms with E-state index in [4.69, 9.17) is 5.26 Å². The van der Waals surface area contributed by atoms with E-state index in [9.17, 15) is 0 Å². The third-order valence-corrected chi connectivity index (χ3v) is 4.88.